The van der Waals surface area contributed by atoms with Gasteiger partial charge in [0.2, 0.25) is 0 Å². The highest BCUT2D eigenvalue weighted by Crippen LogP contribution is 2.25. The van der Waals surface area contributed by atoms with Crippen molar-refractivity contribution >= 4 is 11.4 Å². The molecule has 0 heterocycles. The molecular weight excluding hydrogens is 185 g/mol. The van der Waals surface area contributed by atoms with Crippen molar-refractivity contribution in [1.29, 1.82) is 0 Å². The Morgan fingerprint density at radius 3 is 2.93 bits per heavy atom. The van der Waals surface area contributed by atoms with Gasteiger partial charge in [0.25, 0.3) is 0 Å². The highest BCUT2D eigenvalue weighted by Gasteiger charge is 2.11. The fraction of sp³-hybridized carbons (Fsp3) is 0.200. The van der Waals surface area contributed by atoms with Crippen LogP contribution < -0.4 is 0 Å². The molecule has 0 bridgehead atoms. The summed E-state index contributed by atoms with van der Waals surface area (Å²) in [6, 6.07) is 4.31. The molecule has 0 atom stereocenters. The number of hydrogen-bond donors (Lipinski definition) is 0. The van der Waals surface area contributed by atoms with Crippen LogP contribution in [0.4, 0.5) is 10.1 Å². The summed E-state index contributed by atoms with van der Waals surface area (Å²) in [6.07, 6.45) is 0. The van der Waals surface area contributed by atoms with Gasteiger partial charge in [0, 0.05) is 0 Å². The lowest BCUT2D eigenvalue weighted by Crippen LogP contribution is -1.93. The highest BCUT2D eigenvalue weighted by molar-refractivity contribution is 5.62. The van der Waals surface area contributed by atoms with Crippen LogP contribution in [0.25, 0.3) is 5.76 Å². The van der Waals surface area contributed by atoms with E-state index in [-0.39, 0.29) is 17.0 Å². The van der Waals surface area contributed by atoms with Crippen molar-refractivity contribution in [2.45, 2.75) is 6.92 Å². The Labute approximate surface area is 81.2 Å². The fourth-order valence-electron chi connectivity index (χ4n) is 1.06. The minimum atomic E-state index is -0.694. The maximum atomic E-state index is 13.4. The molecule has 0 fully saturated rings. The largest absolute Gasteiger partial charge is 0.494 e. The van der Waals surface area contributed by atoms with Gasteiger partial charge in [-0.25, -0.2) is 4.39 Å². The van der Waals surface area contributed by atoms with Crippen LogP contribution in [0.2, 0.25) is 0 Å². The average molecular weight is 195 g/mol. The Bertz CT molecular complexity index is 363. The van der Waals surface area contributed by atoms with Crippen LogP contribution in [0.15, 0.2) is 30.0 Å². The fourth-order valence-corrected chi connectivity index (χ4v) is 1.06. The van der Waals surface area contributed by atoms with E-state index >= 15 is 0 Å². The van der Waals surface area contributed by atoms with Gasteiger partial charge in [-0.1, -0.05) is 12.6 Å². The van der Waals surface area contributed by atoms with Crippen molar-refractivity contribution in [3.05, 3.63) is 41.1 Å². The van der Waals surface area contributed by atoms with Gasteiger partial charge in [0.15, 0.2) is 5.82 Å². The third-order valence-corrected chi connectivity index (χ3v) is 1.70. The minimum Gasteiger partial charge on any atom is -0.494 e. The first-order chi connectivity index (χ1) is 6.70. The number of rotatable bonds is 4. The third-order valence-electron chi connectivity index (χ3n) is 1.70. The Kier molecular flexibility index (Phi) is 3.34. The van der Waals surface area contributed by atoms with Crippen molar-refractivity contribution < 1.29 is 9.13 Å². The van der Waals surface area contributed by atoms with Crippen LogP contribution >= 0.6 is 0 Å². The summed E-state index contributed by atoms with van der Waals surface area (Å²) in [4.78, 5) is 10.2. The quantitative estimate of drug-likeness (QED) is 0.546. The van der Waals surface area contributed by atoms with Gasteiger partial charge >= 0.3 is 0 Å². The molecule has 0 aliphatic rings. The zero-order chi connectivity index (χ0) is 10.6. The zero-order valence-electron chi connectivity index (χ0n) is 7.79. The summed E-state index contributed by atoms with van der Waals surface area (Å²) in [5, 5.41) is 2.55. The lowest BCUT2D eigenvalue weighted by molar-refractivity contribution is 0.297. The maximum Gasteiger partial charge on any atom is 0.163 e. The summed E-state index contributed by atoms with van der Waals surface area (Å²) < 4.78 is 18.4. The van der Waals surface area contributed by atoms with E-state index in [2.05, 4.69) is 11.8 Å². The van der Waals surface area contributed by atoms with Gasteiger partial charge < -0.3 is 4.74 Å². The molecule has 1 rings (SSSR count). The molecule has 0 radical (unpaired) electrons. The third kappa shape index (κ3) is 1.96. The molecule has 0 N–H and O–H groups in total. The van der Waals surface area contributed by atoms with Gasteiger partial charge in [-0.15, -0.1) is 4.91 Å². The first kappa shape index (κ1) is 10.4. The van der Waals surface area contributed by atoms with Crippen LogP contribution in [-0.4, -0.2) is 6.61 Å². The van der Waals surface area contributed by atoms with Gasteiger partial charge in [-0.3, -0.25) is 0 Å². The molecule has 0 amide bonds. The van der Waals surface area contributed by atoms with Crippen molar-refractivity contribution in [3.8, 4) is 0 Å². The van der Waals surface area contributed by atoms with Gasteiger partial charge in [-0.2, -0.15) is 0 Å². The van der Waals surface area contributed by atoms with E-state index < -0.39 is 5.82 Å². The van der Waals surface area contributed by atoms with Crippen LogP contribution in [0.1, 0.15) is 12.5 Å². The molecule has 14 heavy (non-hydrogen) atoms. The topological polar surface area (TPSA) is 38.7 Å². The first-order valence-corrected chi connectivity index (χ1v) is 4.14. The number of benzene rings is 1. The second kappa shape index (κ2) is 4.50. The van der Waals surface area contributed by atoms with Crippen molar-refractivity contribution in [1.82, 2.24) is 0 Å². The minimum absolute atomic E-state index is 0.170. The lowest BCUT2D eigenvalue weighted by Gasteiger charge is -2.07. The van der Waals surface area contributed by atoms with E-state index in [1.807, 2.05) is 0 Å². The Morgan fingerprint density at radius 1 is 1.64 bits per heavy atom. The standard InChI is InChI=1S/C10H10FNO2/c1-3-14-7(2)8-5-4-6-9(12-13)10(8)11/h4-6H,2-3H2,1H3. The van der Waals surface area contributed by atoms with Gasteiger partial charge in [-0.05, 0) is 24.2 Å². The van der Waals surface area contributed by atoms with E-state index in [0.717, 1.165) is 0 Å². The molecule has 3 nitrogen and oxygen atoms in total. The summed E-state index contributed by atoms with van der Waals surface area (Å²) in [7, 11) is 0. The van der Waals surface area contributed by atoms with E-state index in [4.69, 9.17) is 4.74 Å². The van der Waals surface area contributed by atoms with Crippen LogP contribution in [0, 0.1) is 10.7 Å². The molecule has 1 aromatic carbocycles. The SMILES string of the molecule is C=C(OCC)c1cccc(N=O)c1F. The van der Waals surface area contributed by atoms with E-state index in [9.17, 15) is 9.30 Å². The molecular formula is C10H10FNO2. The van der Waals surface area contributed by atoms with Crippen molar-refractivity contribution in [3.63, 3.8) is 0 Å². The van der Waals surface area contributed by atoms with Crippen LogP contribution in [0.3, 0.4) is 0 Å². The number of nitroso groups, excluding NO2 is 1. The number of halogens is 1. The average Bonchev–Trinajstić information content (AvgIpc) is 2.18. The molecule has 1 aromatic rings. The van der Waals surface area contributed by atoms with Crippen molar-refractivity contribution in [2.75, 3.05) is 6.61 Å². The lowest BCUT2D eigenvalue weighted by atomic mass is 10.1. The molecule has 0 saturated carbocycles. The predicted molar refractivity (Wildman–Crippen MR) is 52.5 cm³/mol. The Morgan fingerprint density at radius 2 is 2.36 bits per heavy atom. The Balaban J connectivity index is 3.09. The zero-order valence-corrected chi connectivity index (χ0v) is 7.79. The summed E-state index contributed by atoms with van der Waals surface area (Å²) >= 11 is 0. The monoisotopic (exact) mass is 195 g/mol. The Hall–Kier alpha value is -1.71. The second-order valence-electron chi connectivity index (χ2n) is 2.59. The maximum absolute atomic E-state index is 13.4. The molecule has 0 aromatic heterocycles. The summed E-state index contributed by atoms with van der Waals surface area (Å²) in [5.41, 5.74) is -0.0627. The molecule has 0 aliphatic heterocycles. The molecule has 0 aliphatic carbocycles. The van der Waals surface area contributed by atoms with Gasteiger partial charge in [0.1, 0.15) is 11.4 Å². The highest BCUT2D eigenvalue weighted by atomic mass is 19.1. The molecule has 0 unspecified atom stereocenters. The van der Waals surface area contributed by atoms with E-state index in [1.54, 1.807) is 6.92 Å². The summed E-state index contributed by atoms with van der Waals surface area (Å²) in [6.45, 7) is 5.71. The van der Waals surface area contributed by atoms with E-state index in [0.29, 0.717) is 6.61 Å². The molecule has 74 valence electrons. The van der Waals surface area contributed by atoms with Crippen LogP contribution in [-0.2, 0) is 4.74 Å². The first-order valence-electron chi connectivity index (χ1n) is 4.14. The smallest absolute Gasteiger partial charge is 0.163 e. The predicted octanol–water partition coefficient (Wildman–Crippen LogP) is 3.23. The number of hydrogen-bond acceptors (Lipinski definition) is 3. The number of ether oxygens (including phenoxy) is 1. The second-order valence-corrected chi connectivity index (χ2v) is 2.59. The summed E-state index contributed by atoms with van der Waals surface area (Å²) in [5.74, 6) is -0.489. The van der Waals surface area contributed by atoms with E-state index in [1.165, 1.54) is 18.2 Å². The molecule has 0 saturated heterocycles. The number of nitrogens with zero attached hydrogens (tertiary/aromatic N) is 1. The molecule has 4 heteroatoms. The normalized spacial score (nSPS) is 9.57. The van der Waals surface area contributed by atoms with Gasteiger partial charge in [0.05, 0.1) is 12.2 Å². The van der Waals surface area contributed by atoms with Crippen molar-refractivity contribution in [2.24, 2.45) is 5.18 Å². The van der Waals surface area contributed by atoms with Crippen LogP contribution in [0.5, 0.6) is 0 Å². The molecule has 0 spiro atoms.